The lowest BCUT2D eigenvalue weighted by Gasteiger charge is -2.32. The van der Waals surface area contributed by atoms with Crippen molar-refractivity contribution < 1.29 is 9.53 Å². The van der Waals surface area contributed by atoms with E-state index >= 15 is 0 Å². The third kappa shape index (κ3) is 5.61. The normalized spacial score (nSPS) is 14.5. The van der Waals surface area contributed by atoms with E-state index in [1.807, 2.05) is 60.5 Å². The maximum atomic E-state index is 13.0. The number of piperidine rings is 1. The lowest BCUT2D eigenvalue weighted by atomic mass is 9.96. The number of hydrogen-bond acceptors (Lipinski definition) is 3. The number of benzene rings is 2. The number of ether oxygens (including phenoxy) is 1. The van der Waals surface area contributed by atoms with E-state index in [2.05, 4.69) is 5.32 Å². The minimum atomic E-state index is 0. The molecule has 3 rings (SSSR count). The van der Waals surface area contributed by atoms with Gasteiger partial charge in [0.1, 0.15) is 12.4 Å². The first-order valence-corrected chi connectivity index (χ1v) is 9.46. The van der Waals surface area contributed by atoms with Gasteiger partial charge in [0.2, 0.25) is 0 Å². The molecule has 0 aromatic heterocycles. The summed E-state index contributed by atoms with van der Waals surface area (Å²) in [4.78, 5) is 14.9. The Bertz CT molecular complexity index is 746. The van der Waals surface area contributed by atoms with Gasteiger partial charge in [0.05, 0.1) is 5.56 Å². The zero-order chi connectivity index (χ0) is 18.4. The van der Waals surface area contributed by atoms with Crippen LogP contribution in [0.1, 0.15) is 28.8 Å². The van der Waals surface area contributed by atoms with Crippen molar-refractivity contribution in [3.05, 3.63) is 64.7 Å². The van der Waals surface area contributed by atoms with Crippen molar-refractivity contribution in [3.63, 3.8) is 0 Å². The van der Waals surface area contributed by atoms with E-state index in [0.717, 1.165) is 38.0 Å². The standard InChI is InChI=1S/C21H25ClN2O2.ClH/c1-23-14-16-10-12-24(13-11-16)21(25)18-7-3-5-9-20(18)26-15-17-6-2-4-8-19(17)22;/h2-9,16,23H,10-15H2,1H3;1H. The summed E-state index contributed by atoms with van der Waals surface area (Å²) in [6.45, 7) is 2.95. The lowest BCUT2D eigenvalue weighted by molar-refractivity contribution is 0.0686. The molecule has 1 heterocycles. The number of nitrogens with one attached hydrogen (secondary N) is 1. The summed E-state index contributed by atoms with van der Waals surface area (Å²) in [6.07, 6.45) is 2.07. The molecule has 1 fully saturated rings. The summed E-state index contributed by atoms with van der Waals surface area (Å²) in [6, 6.07) is 15.0. The molecule has 1 N–H and O–H groups in total. The van der Waals surface area contributed by atoms with E-state index in [9.17, 15) is 4.79 Å². The van der Waals surface area contributed by atoms with Gasteiger partial charge < -0.3 is 15.0 Å². The van der Waals surface area contributed by atoms with Crippen LogP contribution in [-0.2, 0) is 6.61 Å². The Hall–Kier alpha value is -1.75. The molecule has 2 aromatic rings. The molecule has 4 nitrogen and oxygen atoms in total. The Kier molecular flexibility index (Phi) is 8.42. The van der Waals surface area contributed by atoms with Crippen LogP contribution < -0.4 is 10.1 Å². The van der Waals surface area contributed by atoms with Gasteiger partial charge in [-0.15, -0.1) is 12.4 Å². The van der Waals surface area contributed by atoms with Gasteiger partial charge in [-0.25, -0.2) is 0 Å². The van der Waals surface area contributed by atoms with Crippen LogP contribution in [0.4, 0.5) is 0 Å². The average molecular weight is 409 g/mol. The van der Waals surface area contributed by atoms with Crippen molar-refractivity contribution in [1.82, 2.24) is 10.2 Å². The number of carbonyl (C=O) groups excluding carboxylic acids is 1. The van der Waals surface area contributed by atoms with Gasteiger partial charge in [0.15, 0.2) is 0 Å². The zero-order valence-corrected chi connectivity index (χ0v) is 17.1. The molecule has 0 bridgehead atoms. The van der Waals surface area contributed by atoms with E-state index < -0.39 is 0 Å². The fourth-order valence-electron chi connectivity index (χ4n) is 3.34. The monoisotopic (exact) mass is 408 g/mol. The zero-order valence-electron chi connectivity index (χ0n) is 15.5. The second-order valence-electron chi connectivity index (χ2n) is 6.67. The summed E-state index contributed by atoms with van der Waals surface area (Å²) >= 11 is 6.19. The predicted octanol–water partition coefficient (Wildman–Crippen LogP) is 4.41. The first-order valence-electron chi connectivity index (χ1n) is 9.08. The molecule has 0 aliphatic carbocycles. The number of rotatable bonds is 6. The first-order chi connectivity index (χ1) is 12.7. The van der Waals surface area contributed by atoms with Crippen LogP contribution in [0.5, 0.6) is 5.75 Å². The molecule has 1 amide bonds. The smallest absolute Gasteiger partial charge is 0.257 e. The molecule has 0 radical (unpaired) electrons. The molecular formula is C21H26Cl2N2O2. The molecule has 1 saturated heterocycles. The number of carbonyl (C=O) groups is 1. The molecule has 1 aliphatic heterocycles. The van der Waals surface area contributed by atoms with Gasteiger partial charge in [-0.1, -0.05) is 41.9 Å². The Morgan fingerprint density at radius 2 is 1.81 bits per heavy atom. The minimum Gasteiger partial charge on any atom is -0.488 e. The second-order valence-corrected chi connectivity index (χ2v) is 7.08. The van der Waals surface area contributed by atoms with Crippen LogP contribution in [0.15, 0.2) is 48.5 Å². The summed E-state index contributed by atoms with van der Waals surface area (Å²) in [5.41, 5.74) is 1.52. The SMILES string of the molecule is CNCC1CCN(C(=O)c2ccccc2OCc2ccccc2Cl)CC1.Cl. The second kappa shape index (κ2) is 10.5. The van der Waals surface area contributed by atoms with Crippen molar-refractivity contribution in [2.45, 2.75) is 19.4 Å². The van der Waals surface area contributed by atoms with E-state index in [1.54, 1.807) is 0 Å². The van der Waals surface area contributed by atoms with E-state index in [1.165, 1.54) is 0 Å². The highest BCUT2D eigenvalue weighted by molar-refractivity contribution is 6.31. The molecule has 27 heavy (non-hydrogen) atoms. The van der Waals surface area contributed by atoms with Crippen LogP contribution >= 0.6 is 24.0 Å². The maximum Gasteiger partial charge on any atom is 0.257 e. The number of para-hydroxylation sites is 1. The lowest BCUT2D eigenvalue weighted by Crippen LogP contribution is -2.40. The number of nitrogens with zero attached hydrogens (tertiary/aromatic N) is 1. The quantitative estimate of drug-likeness (QED) is 0.769. The van der Waals surface area contributed by atoms with Crippen molar-refractivity contribution in [3.8, 4) is 5.75 Å². The Morgan fingerprint density at radius 3 is 2.52 bits per heavy atom. The van der Waals surface area contributed by atoms with Crippen LogP contribution in [0, 0.1) is 5.92 Å². The van der Waals surface area contributed by atoms with Crippen molar-refractivity contribution >= 4 is 29.9 Å². The number of halogens is 2. The van der Waals surface area contributed by atoms with Crippen molar-refractivity contribution in [2.24, 2.45) is 5.92 Å². The van der Waals surface area contributed by atoms with Crippen LogP contribution in [-0.4, -0.2) is 37.5 Å². The summed E-state index contributed by atoms with van der Waals surface area (Å²) < 4.78 is 5.93. The van der Waals surface area contributed by atoms with E-state index in [4.69, 9.17) is 16.3 Å². The maximum absolute atomic E-state index is 13.0. The van der Waals surface area contributed by atoms with Crippen molar-refractivity contribution in [1.29, 1.82) is 0 Å². The molecule has 0 spiro atoms. The first kappa shape index (κ1) is 21.5. The Balaban J connectivity index is 0.00000261. The molecule has 1 aliphatic rings. The molecule has 146 valence electrons. The van der Waals surface area contributed by atoms with Gasteiger partial charge in [0, 0.05) is 23.7 Å². The summed E-state index contributed by atoms with van der Waals surface area (Å²) in [7, 11) is 1.98. The van der Waals surface area contributed by atoms with Gasteiger partial charge in [-0.3, -0.25) is 4.79 Å². The molecule has 6 heteroatoms. The Labute approximate surface area is 172 Å². The third-order valence-electron chi connectivity index (χ3n) is 4.85. The Morgan fingerprint density at radius 1 is 1.15 bits per heavy atom. The van der Waals surface area contributed by atoms with E-state index in [0.29, 0.717) is 28.9 Å². The minimum absolute atomic E-state index is 0. The molecule has 0 saturated carbocycles. The topological polar surface area (TPSA) is 41.6 Å². The highest BCUT2D eigenvalue weighted by Crippen LogP contribution is 2.25. The van der Waals surface area contributed by atoms with Crippen LogP contribution in [0.25, 0.3) is 0 Å². The fraction of sp³-hybridized carbons (Fsp3) is 0.381. The molecule has 0 atom stereocenters. The summed E-state index contributed by atoms with van der Waals surface area (Å²) in [5.74, 6) is 1.30. The molecule has 2 aromatic carbocycles. The van der Waals surface area contributed by atoms with Crippen LogP contribution in [0.3, 0.4) is 0 Å². The van der Waals surface area contributed by atoms with Gasteiger partial charge in [0.25, 0.3) is 5.91 Å². The average Bonchev–Trinajstić information content (AvgIpc) is 2.68. The van der Waals surface area contributed by atoms with Gasteiger partial charge in [-0.2, -0.15) is 0 Å². The number of likely N-dealkylation sites (tertiary alicyclic amines) is 1. The number of hydrogen-bond donors (Lipinski definition) is 1. The van der Waals surface area contributed by atoms with Crippen LogP contribution in [0.2, 0.25) is 5.02 Å². The number of amides is 1. The summed E-state index contributed by atoms with van der Waals surface area (Å²) in [5, 5.41) is 3.89. The van der Waals surface area contributed by atoms with E-state index in [-0.39, 0.29) is 18.3 Å². The predicted molar refractivity (Wildman–Crippen MR) is 112 cm³/mol. The van der Waals surface area contributed by atoms with Gasteiger partial charge in [-0.05, 0) is 50.6 Å². The molecular weight excluding hydrogens is 383 g/mol. The van der Waals surface area contributed by atoms with Crippen molar-refractivity contribution in [2.75, 3.05) is 26.7 Å². The fourth-order valence-corrected chi connectivity index (χ4v) is 3.53. The molecule has 0 unspecified atom stereocenters. The third-order valence-corrected chi connectivity index (χ3v) is 5.22. The highest BCUT2D eigenvalue weighted by Gasteiger charge is 2.25. The highest BCUT2D eigenvalue weighted by atomic mass is 35.5. The largest absolute Gasteiger partial charge is 0.488 e. The van der Waals surface area contributed by atoms with Gasteiger partial charge >= 0.3 is 0 Å².